The number of nitrogens with one attached hydrogen (secondary N) is 2. The summed E-state index contributed by atoms with van der Waals surface area (Å²) < 4.78 is 5.50. The van der Waals surface area contributed by atoms with Crippen LogP contribution in [0.4, 0.5) is 5.69 Å². The summed E-state index contributed by atoms with van der Waals surface area (Å²) in [7, 11) is 0. The van der Waals surface area contributed by atoms with E-state index in [9.17, 15) is 4.79 Å². The average molecular weight is 362 g/mol. The van der Waals surface area contributed by atoms with Gasteiger partial charge in [-0.2, -0.15) is 0 Å². The van der Waals surface area contributed by atoms with Crippen molar-refractivity contribution in [1.82, 2.24) is 10.6 Å². The van der Waals surface area contributed by atoms with Gasteiger partial charge in [0, 0.05) is 37.9 Å². The molecule has 2 unspecified atom stereocenters. The lowest BCUT2D eigenvalue weighted by Gasteiger charge is -2.35. The van der Waals surface area contributed by atoms with Gasteiger partial charge in [0.1, 0.15) is 6.10 Å². The molecule has 0 aliphatic carbocycles. The molecule has 0 saturated carbocycles. The highest BCUT2D eigenvalue weighted by atomic mass is 35.5. The van der Waals surface area contributed by atoms with Crippen LogP contribution in [0.25, 0.3) is 0 Å². The van der Waals surface area contributed by atoms with Crippen molar-refractivity contribution in [1.29, 1.82) is 0 Å². The number of benzene rings is 1. The molecule has 3 rings (SSSR count). The van der Waals surface area contributed by atoms with Crippen LogP contribution in [0.2, 0.25) is 0 Å². The summed E-state index contributed by atoms with van der Waals surface area (Å²) in [5.74, 6) is 0.0158. The molecular formula is C16H25Cl2N3O2. The zero-order valence-electron chi connectivity index (χ0n) is 13.1. The molecule has 2 aliphatic heterocycles. The van der Waals surface area contributed by atoms with Crippen LogP contribution in [0.1, 0.15) is 12.8 Å². The highest BCUT2D eigenvalue weighted by molar-refractivity contribution is 5.85. The van der Waals surface area contributed by atoms with Crippen LogP contribution in [0.15, 0.2) is 30.3 Å². The SMILES string of the molecule is Cl.Cl.O=C(NC1CCCN(c2ccccc2)C1)C1CNCCO1. The van der Waals surface area contributed by atoms with Gasteiger partial charge in [-0.3, -0.25) is 4.79 Å². The highest BCUT2D eigenvalue weighted by Gasteiger charge is 2.26. The van der Waals surface area contributed by atoms with Gasteiger partial charge in [0.05, 0.1) is 6.61 Å². The Hall–Kier alpha value is -1.01. The quantitative estimate of drug-likeness (QED) is 0.858. The van der Waals surface area contributed by atoms with Gasteiger partial charge in [0.2, 0.25) is 0 Å². The molecule has 0 radical (unpaired) electrons. The summed E-state index contributed by atoms with van der Waals surface area (Å²) in [6, 6.07) is 10.6. The van der Waals surface area contributed by atoms with Crippen LogP contribution in [0, 0.1) is 0 Å². The summed E-state index contributed by atoms with van der Waals surface area (Å²) in [4.78, 5) is 14.6. The highest BCUT2D eigenvalue weighted by Crippen LogP contribution is 2.19. The number of nitrogens with zero attached hydrogens (tertiary/aromatic N) is 1. The number of halogens is 2. The zero-order chi connectivity index (χ0) is 14.5. The van der Waals surface area contributed by atoms with Gasteiger partial charge in [-0.15, -0.1) is 24.8 Å². The first-order valence-corrected chi connectivity index (χ1v) is 7.75. The van der Waals surface area contributed by atoms with Crippen molar-refractivity contribution in [2.24, 2.45) is 0 Å². The number of morpholine rings is 1. The number of para-hydroxylation sites is 1. The van der Waals surface area contributed by atoms with Crippen LogP contribution in [0.5, 0.6) is 0 Å². The summed E-state index contributed by atoms with van der Waals surface area (Å²) in [5, 5.41) is 6.33. The van der Waals surface area contributed by atoms with E-state index in [1.807, 2.05) is 6.07 Å². The molecule has 0 bridgehead atoms. The van der Waals surface area contributed by atoms with Crippen molar-refractivity contribution < 1.29 is 9.53 Å². The molecule has 2 atom stereocenters. The Morgan fingerprint density at radius 3 is 2.74 bits per heavy atom. The Kier molecular flexibility index (Phi) is 8.69. The number of piperidine rings is 1. The third-order valence-corrected chi connectivity index (χ3v) is 4.11. The largest absolute Gasteiger partial charge is 0.369 e. The van der Waals surface area contributed by atoms with E-state index >= 15 is 0 Å². The number of rotatable bonds is 3. The molecule has 1 amide bonds. The minimum atomic E-state index is -0.342. The monoisotopic (exact) mass is 361 g/mol. The van der Waals surface area contributed by atoms with E-state index in [-0.39, 0.29) is 42.9 Å². The lowest BCUT2D eigenvalue weighted by molar-refractivity contribution is -0.135. The number of carbonyl (C=O) groups excluding carboxylic acids is 1. The Morgan fingerprint density at radius 1 is 1.26 bits per heavy atom. The molecular weight excluding hydrogens is 337 g/mol. The Balaban J connectivity index is 0.00000132. The van der Waals surface area contributed by atoms with Gasteiger partial charge in [0.15, 0.2) is 0 Å². The molecule has 130 valence electrons. The molecule has 23 heavy (non-hydrogen) atoms. The smallest absolute Gasteiger partial charge is 0.250 e. The molecule has 2 heterocycles. The fourth-order valence-corrected chi connectivity index (χ4v) is 3.00. The van der Waals surface area contributed by atoms with E-state index in [2.05, 4.69) is 39.8 Å². The van der Waals surface area contributed by atoms with Crippen LogP contribution < -0.4 is 15.5 Å². The van der Waals surface area contributed by atoms with Crippen LogP contribution in [-0.4, -0.2) is 50.8 Å². The van der Waals surface area contributed by atoms with Gasteiger partial charge < -0.3 is 20.3 Å². The molecule has 1 aromatic carbocycles. The maximum absolute atomic E-state index is 12.2. The molecule has 7 heteroatoms. The number of hydrogen-bond donors (Lipinski definition) is 2. The normalized spacial score (nSPS) is 24.1. The van der Waals surface area contributed by atoms with E-state index < -0.39 is 0 Å². The first-order chi connectivity index (χ1) is 10.3. The molecule has 5 nitrogen and oxygen atoms in total. The number of ether oxygens (including phenoxy) is 1. The van der Waals surface area contributed by atoms with Crippen LogP contribution >= 0.6 is 24.8 Å². The second kappa shape index (κ2) is 9.98. The first-order valence-electron chi connectivity index (χ1n) is 7.75. The zero-order valence-corrected chi connectivity index (χ0v) is 14.7. The van der Waals surface area contributed by atoms with Crippen LogP contribution in [-0.2, 0) is 9.53 Å². The third kappa shape index (κ3) is 5.53. The van der Waals surface area contributed by atoms with Gasteiger partial charge >= 0.3 is 0 Å². The lowest BCUT2D eigenvalue weighted by atomic mass is 10.0. The predicted octanol–water partition coefficient (Wildman–Crippen LogP) is 1.60. The molecule has 0 spiro atoms. The van der Waals surface area contributed by atoms with Crippen molar-refractivity contribution >= 4 is 36.4 Å². The summed E-state index contributed by atoms with van der Waals surface area (Å²) in [6.45, 7) is 3.97. The number of anilines is 1. The second-order valence-corrected chi connectivity index (χ2v) is 5.69. The molecule has 0 aromatic heterocycles. The van der Waals surface area contributed by atoms with E-state index in [4.69, 9.17) is 4.74 Å². The number of hydrogen-bond acceptors (Lipinski definition) is 4. The fourth-order valence-electron chi connectivity index (χ4n) is 3.00. The van der Waals surface area contributed by atoms with E-state index in [0.29, 0.717) is 13.2 Å². The van der Waals surface area contributed by atoms with E-state index in [1.165, 1.54) is 5.69 Å². The molecule has 2 aliphatic rings. The van der Waals surface area contributed by atoms with Crippen molar-refractivity contribution in [3.05, 3.63) is 30.3 Å². The molecule has 2 saturated heterocycles. The number of carbonyl (C=O) groups is 1. The van der Waals surface area contributed by atoms with Crippen molar-refractivity contribution in [3.63, 3.8) is 0 Å². The Labute approximate surface area is 150 Å². The Bertz CT molecular complexity index is 470. The van der Waals surface area contributed by atoms with Gasteiger partial charge in [0.25, 0.3) is 5.91 Å². The first kappa shape index (κ1) is 20.0. The van der Waals surface area contributed by atoms with Gasteiger partial charge in [-0.05, 0) is 25.0 Å². The molecule has 1 aromatic rings. The van der Waals surface area contributed by atoms with Crippen LogP contribution in [0.3, 0.4) is 0 Å². The Morgan fingerprint density at radius 2 is 2.04 bits per heavy atom. The van der Waals surface area contributed by atoms with Gasteiger partial charge in [-0.1, -0.05) is 18.2 Å². The van der Waals surface area contributed by atoms with Crippen molar-refractivity contribution in [2.45, 2.75) is 25.0 Å². The van der Waals surface area contributed by atoms with E-state index in [1.54, 1.807) is 0 Å². The third-order valence-electron chi connectivity index (χ3n) is 4.11. The topological polar surface area (TPSA) is 53.6 Å². The standard InChI is InChI=1S/C16H23N3O2.2ClH/c20-16(15-11-17-8-10-21-15)18-13-5-4-9-19(12-13)14-6-2-1-3-7-14;;/h1-3,6-7,13,15,17H,4-5,8-12H2,(H,18,20);2*1H. The predicted molar refractivity (Wildman–Crippen MR) is 96.9 cm³/mol. The minimum absolute atomic E-state index is 0. The maximum atomic E-state index is 12.2. The molecule has 2 fully saturated rings. The fraction of sp³-hybridized carbons (Fsp3) is 0.562. The second-order valence-electron chi connectivity index (χ2n) is 5.69. The number of amides is 1. The van der Waals surface area contributed by atoms with Crippen molar-refractivity contribution in [3.8, 4) is 0 Å². The summed E-state index contributed by atoms with van der Waals surface area (Å²) >= 11 is 0. The van der Waals surface area contributed by atoms with Gasteiger partial charge in [-0.25, -0.2) is 0 Å². The average Bonchev–Trinajstić information content (AvgIpc) is 2.57. The minimum Gasteiger partial charge on any atom is -0.369 e. The maximum Gasteiger partial charge on any atom is 0.250 e. The summed E-state index contributed by atoms with van der Waals surface area (Å²) in [5.41, 5.74) is 1.23. The van der Waals surface area contributed by atoms with Crippen molar-refractivity contribution in [2.75, 3.05) is 37.7 Å². The summed E-state index contributed by atoms with van der Waals surface area (Å²) in [6.07, 6.45) is 1.80. The lowest BCUT2D eigenvalue weighted by Crippen LogP contribution is -2.54. The van der Waals surface area contributed by atoms with E-state index in [0.717, 1.165) is 32.5 Å². The molecule has 2 N–H and O–H groups in total.